The molecular formula is C19H16N4O3S2. The van der Waals surface area contributed by atoms with Gasteiger partial charge in [0.2, 0.25) is 0 Å². The molecule has 0 atom stereocenters. The molecule has 1 aromatic carbocycles. The van der Waals surface area contributed by atoms with E-state index in [1.165, 1.54) is 12.1 Å². The third kappa shape index (κ3) is 3.85. The van der Waals surface area contributed by atoms with Crippen LogP contribution in [-0.2, 0) is 21.1 Å². The van der Waals surface area contributed by atoms with E-state index in [1.807, 2.05) is 23.6 Å². The van der Waals surface area contributed by atoms with Gasteiger partial charge >= 0.3 is 0 Å². The van der Waals surface area contributed by atoms with Crippen molar-refractivity contribution in [3.8, 4) is 10.6 Å². The van der Waals surface area contributed by atoms with Crippen LogP contribution in [0.2, 0.25) is 0 Å². The number of hydrogen-bond donors (Lipinski definition) is 0. The monoisotopic (exact) mass is 412 g/mol. The predicted octanol–water partition coefficient (Wildman–Crippen LogP) is 2.83. The molecule has 3 aromatic heterocycles. The fourth-order valence-corrected chi connectivity index (χ4v) is 4.82. The number of aromatic nitrogens is 4. The van der Waals surface area contributed by atoms with Crippen molar-refractivity contribution in [1.82, 2.24) is 19.6 Å². The maximum Gasteiger partial charge on any atom is 0.252 e. The number of thiophene rings is 1. The van der Waals surface area contributed by atoms with Crippen LogP contribution in [0.4, 0.5) is 0 Å². The molecular weight excluding hydrogens is 396 g/mol. The van der Waals surface area contributed by atoms with Crippen molar-refractivity contribution >= 4 is 32.7 Å². The van der Waals surface area contributed by atoms with E-state index in [-0.39, 0.29) is 29.3 Å². The molecule has 0 saturated heterocycles. The Kier molecular flexibility index (Phi) is 5.01. The molecule has 142 valence electrons. The number of benzene rings is 1. The molecule has 3 heterocycles. The number of carbonyl (C=O) groups is 1. The minimum Gasteiger partial charge on any atom is -0.299 e. The van der Waals surface area contributed by atoms with E-state index in [1.54, 1.807) is 40.2 Å². The zero-order valence-corrected chi connectivity index (χ0v) is 16.4. The fourth-order valence-electron chi connectivity index (χ4n) is 2.78. The van der Waals surface area contributed by atoms with Gasteiger partial charge in [0.25, 0.3) is 5.78 Å². The minimum absolute atomic E-state index is 0.0302. The second-order valence-electron chi connectivity index (χ2n) is 6.14. The normalized spacial score (nSPS) is 11.7. The van der Waals surface area contributed by atoms with Gasteiger partial charge in [-0.3, -0.25) is 4.79 Å². The van der Waals surface area contributed by atoms with Gasteiger partial charge in [-0.05, 0) is 29.6 Å². The highest BCUT2D eigenvalue weighted by molar-refractivity contribution is 7.91. The topological polar surface area (TPSA) is 94.3 Å². The van der Waals surface area contributed by atoms with E-state index in [4.69, 9.17) is 0 Å². The van der Waals surface area contributed by atoms with Gasteiger partial charge in [-0.2, -0.15) is 9.50 Å². The first kappa shape index (κ1) is 18.5. The summed E-state index contributed by atoms with van der Waals surface area (Å²) in [5, 5.41) is 6.36. The van der Waals surface area contributed by atoms with Gasteiger partial charge in [-0.15, -0.1) is 16.4 Å². The number of fused-ring (bicyclic) bond motifs is 1. The zero-order chi connectivity index (χ0) is 19.6. The molecule has 0 aliphatic rings. The van der Waals surface area contributed by atoms with E-state index in [0.717, 1.165) is 10.6 Å². The van der Waals surface area contributed by atoms with Gasteiger partial charge in [0.15, 0.2) is 15.7 Å². The largest absolute Gasteiger partial charge is 0.299 e. The number of hydrogen-bond acceptors (Lipinski definition) is 7. The smallest absolute Gasteiger partial charge is 0.252 e. The van der Waals surface area contributed by atoms with E-state index in [9.17, 15) is 13.2 Å². The maximum absolute atomic E-state index is 12.3. The van der Waals surface area contributed by atoms with Gasteiger partial charge in [0.1, 0.15) is 5.78 Å². The Bertz CT molecular complexity index is 1220. The standard InChI is InChI=1S/C19H16N4O3S2/c24-14(9-12-28(25,26)15-5-2-1-3-6-15)13-18-21-19-20-10-8-16(23(19)22-18)17-7-4-11-27-17/h1-8,10-11H,9,12-13H2. The van der Waals surface area contributed by atoms with Crippen LogP contribution in [0.1, 0.15) is 12.2 Å². The zero-order valence-electron chi connectivity index (χ0n) is 14.7. The van der Waals surface area contributed by atoms with Gasteiger partial charge in [-0.25, -0.2) is 13.4 Å². The summed E-state index contributed by atoms with van der Waals surface area (Å²) in [6.45, 7) is 0. The van der Waals surface area contributed by atoms with E-state index in [2.05, 4.69) is 15.1 Å². The van der Waals surface area contributed by atoms with Crippen LogP contribution in [0.15, 0.2) is 65.0 Å². The lowest BCUT2D eigenvalue weighted by Gasteiger charge is -2.03. The van der Waals surface area contributed by atoms with Crippen molar-refractivity contribution in [2.24, 2.45) is 0 Å². The van der Waals surface area contributed by atoms with Gasteiger partial charge in [0, 0.05) is 12.6 Å². The van der Waals surface area contributed by atoms with Crippen molar-refractivity contribution in [1.29, 1.82) is 0 Å². The molecule has 0 radical (unpaired) electrons. The summed E-state index contributed by atoms with van der Waals surface area (Å²) in [6, 6.07) is 13.9. The lowest BCUT2D eigenvalue weighted by molar-refractivity contribution is -0.118. The SMILES string of the molecule is O=C(CCS(=O)(=O)c1ccccc1)Cc1nc2nccc(-c3cccs3)n2n1. The Morgan fingerprint density at radius 3 is 2.64 bits per heavy atom. The average Bonchev–Trinajstić information content (AvgIpc) is 3.36. The van der Waals surface area contributed by atoms with E-state index in [0.29, 0.717) is 11.6 Å². The number of Topliss-reactive ketones (excluding diaryl/α,β-unsaturated/α-hetero) is 1. The minimum atomic E-state index is -3.49. The summed E-state index contributed by atoms with van der Waals surface area (Å²) in [5.41, 5.74) is 0.845. The highest BCUT2D eigenvalue weighted by atomic mass is 32.2. The number of rotatable bonds is 7. The van der Waals surface area contributed by atoms with Crippen LogP contribution in [-0.4, -0.2) is 39.5 Å². The molecule has 4 aromatic rings. The van der Waals surface area contributed by atoms with Crippen molar-refractivity contribution < 1.29 is 13.2 Å². The van der Waals surface area contributed by atoms with Gasteiger partial charge in [-0.1, -0.05) is 24.3 Å². The van der Waals surface area contributed by atoms with Gasteiger partial charge in [0.05, 0.1) is 27.6 Å². The molecule has 0 spiro atoms. The van der Waals surface area contributed by atoms with Crippen molar-refractivity contribution in [2.45, 2.75) is 17.7 Å². The van der Waals surface area contributed by atoms with Crippen LogP contribution < -0.4 is 0 Å². The molecule has 0 bridgehead atoms. The predicted molar refractivity (Wildman–Crippen MR) is 106 cm³/mol. The highest BCUT2D eigenvalue weighted by Gasteiger charge is 2.18. The Morgan fingerprint density at radius 1 is 1.07 bits per heavy atom. The summed E-state index contributed by atoms with van der Waals surface area (Å²) in [6.07, 6.45) is 1.53. The van der Waals surface area contributed by atoms with Crippen molar-refractivity contribution in [3.63, 3.8) is 0 Å². The average molecular weight is 412 g/mol. The molecule has 0 unspecified atom stereocenters. The summed E-state index contributed by atoms with van der Waals surface area (Å²) in [7, 11) is -3.49. The molecule has 0 amide bonds. The summed E-state index contributed by atoms with van der Waals surface area (Å²) in [5.74, 6) is 0.277. The molecule has 0 N–H and O–H groups in total. The van der Waals surface area contributed by atoms with Crippen LogP contribution in [0, 0.1) is 0 Å². The number of nitrogens with zero attached hydrogens (tertiary/aromatic N) is 4. The number of carbonyl (C=O) groups excluding carboxylic acids is 1. The Labute approximate surface area is 165 Å². The number of ketones is 1. The van der Waals surface area contributed by atoms with Crippen LogP contribution in [0.3, 0.4) is 0 Å². The molecule has 9 heteroatoms. The first-order valence-corrected chi connectivity index (χ1v) is 11.1. The Balaban J connectivity index is 1.48. The third-order valence-corrected chi connectivity index (χ3v) is 6.79. The maximum atomic E-state index is 12.3. The molecule has 4 rings (SSSR count). The molecule has 0 aliphatic heterocycles. The van der Waals surface area contributed by atoms with Crippen LogP contribution in [0.25, 0.3) is 16.3 Å². The van der Waals surface area contributed by atoms with Crippen molar-refractivity contribution in [3.05, 3.63) is 65.9 Å². The van der Waals surface area contributed by atoms with Crippen LogP contribution in [0.5, 0.6) is 0 Å². The van der Waals surface area contributed by atoms with Crippen molar-refractivity contribution in [2.75, 3.05) is 5.75 Å². The highest BCUT2D eigenvalue weighted by Crippen LogP contribution is 2.24. The summed E-state index contributed by atoms with van der Waals surface area (Å²) in [4.78, 5) is 22.0. The van der Waals surface area contributed by atoms with E-state index < -0.39 is 9.84 Å². The van der Waals surface area contributed by atoms with E-state index >= 15 is 0 Å². The second kappa shape index (κ2) is 7.61. The number of sulfone groups is 1. The van der Waals surface area contributed by atoms with Crippen LogP contribution >= 0.6 is 11.3 Å². The molecule has 0 saturated carbocycles. The molecule has 7 nitrogen and oxygen atoms in total. The fraction of sp³-hybridized carbons (Fsp3) is 0.158. The molecule has 28 heavy (non-hydrogen) atoms. The summed E-state index contributed by atoms with van der Waals surface area (Å²) >= 11 is 1.57. The Hall–Kier alpha value is -2.91. The first-order valence-electron chi connectivity index (χ1n) is 8.57. The Morgan fingerprint density at radius 2 is 1.89 bits per heavy atom. The second-order valence-corrected chi connectivity index (χ2v) is 9.20. The van der Waals surface area contributed by atoms with Gasteiger partial charge < -0.3 is 0 Å². The third-order valence-electron chi connectivity index (χ3n) is 4.17. The molecule has 0 fully saturated rings. The quantitative estimate of drug-likeness (QED) is 0.463. The lowest BCUT2D eigenvalue weighted by atomic mass is 10.2. The lowest BCUT2D eigenvalue weighted by Crippen LogP contribution is -2.13. The summed E-state index contributed by atoms with van der Waals surface area (Å²) < 4.78 is 26.2. The first-order chi connectivity index (χ1) is 13.5. The molecule has 0 aliphatic carbocycles.